The number of nitrogens with zero attached hydrogens (tertiary/aromatic N) is 4. The number of piperazine rings is 1. The average Bonchev–Trinajstić information content (AvgIpc) is 3.20. The maximum atomic E-state index is 12.3. The molecule has 0 aromatic heterocycles. The van der Waals surface area contributed by atoms with E-state index in [9.17, 15) is 9.59 Å². The smallest absolute Gasteiger partial charge is 0.225 e. The van der Waals surface area contributed by atoms with E-state index in [1.54, 1.807) is 4.90 Å². The zero-order valence-corrected chi connectivity index (χ0v) is 23.0. The minimum Gasteiger partial charge on any atom is -0.345 e. The lowest BCUT2D eigenvalue weighted by atomic mass is 9.84. The second-order valence-electron chi connectivity index (χ2n) is 12.1. The summed E-state index contributed by atoms with van der Waals surface area (Å²) in [5.41, 5.74) is 0. The van der Waals surface area contributed by atoms with Crippen molar-refractivity contribution >= 4 is 23.9 Å². The van der Waals surface area contributed by atoms with E-state index in [1.807, 2.05) is 4.90 Å². The summed E-state index contributed by atoms with van der Waals surface area (Å²) in [4.78, 5) is 31.7. The Hall–Kier alpha value is -0.850. The maximum Gasteiger partial charge on any atom is 0.225 e. The summed E-state index contributed by atoms with van der Waals surface area (Å²) in [5, 5.41) is 0.472. The van der Waals surface area contributed by atoms with Crippen molar-refractivity contribution in [3.05, 3.63) is 0 Å². The first-order valence-corrected chi connectivity index (χ1v) is 14.9. The van der Waals surface area contributed by atoms with Crippen LogP contribution in [0.1, 0.15) is 77.6 Å². The minimum atomic E-state index is 0.134. The van der Waals surface area contributed by atoms with Gasteiger partial charge in [0.2, 0.25) is 12.3 Å². The first-order valence-electron chi connectivity index (χ1n) is 14.5. The molecule has 3 aliphatic heterocycles. The highest BCUT2D eigenvalue weighted by Gasteiger charge is 2.40. The predicted molar refractivity (Wildman–Crippen MR) is 143 cm³/mol. The Morgan fingerprint density at radius 3 is 2.20 bits per heavy atom. The fourth-order valence-corrected chi connectivity index (χ4v) is 7.51. The molecule has 5 aliphatic rings. The predicted octanol–water partition coefficient (Wildman–Crippen LogP) is 4.07. The summed E-state index contributed by atoms with van der Waals surface area (Å²) in [6.07, 6.45) is 15.2. The number of likely N-dealkylation sites (N-methyl/N-ethyl adjacent to an activating group) is 1. The van der Waals surface area contributed by atoms with Crippen LogP contribution in [0.5, 0.6) is 0 Å². The molecule has 2 saturated carbocycles. The number of hydrogen-bond acceptors (Lipinski definition) is 4. The fraction of sp³-hybridized carbons (Fsp3) is 0.929. The highest BCUT2D eigenvalue weighted by molar-refractivity contribution is 6.20. The van der Waals surface area contributed by atoms with E-state index < -0.39 is 0 Å². The highest BCUT2D eigenvalue weighted by atomic mass is 35.5. The first-order chi connectivity index (χ1) is 16.9. The van der Waals surface area contributed by atoms with E-state index >= 15 is 0 Å². The molecule has 7 heteroatoms. The van der Waals surface area contributed by atoms with Crippen LogP contribution in [0.15, 0.2) is 0 Å². The van der Waals surface area contributed by atoms with Crippen LogP contribution >= 0.6 is 11.6 Å². The monoisotopic (exact) mass is 508 g/mol. The Morgan fingerprint density at radius 1 is 0.886 bits per heavy atom. The van der Waals surface area contributed by atoms with Crippen LogP contribution in [0.3, 0.4) is 0 Å². The maximum absolute atomic E-state index is 12.3. The molecule has 200 valence electrons. The van der Waals surface area contributed by atoms with E-state index in [1.165, 1.54) is 64.3 Å². The topological polar surface area (TPSA) is 47.1 Å². The summed E-state index contributed by atoms with van der Waals surface area (Å²) in [5.74, 6) is 2.39. The molecular weight excluding hydrogens is 460 g/mol. The number of fused-ring (bicyclic) bond motifs is 1. The molecule has 0 radical (unpaired) electrons. The molecule has 0 aromatic carbocycles. The van der Waals surface area contributed by atoms with Crippen molar-refractivity contribution in [2.45, 2.75) is 95.0 Å². The van der Waals surface area contributed by atoms with Crippen LogP contribution in [0.25, 0.3) is 0 Å². The third-order valence-corrected chi connectivity index (χ3v) is 10.0. The van der Waals surface area contributed by atoms with Gasteiger partial charge >= 0.3 is 0 Å². The van der Waals surface area contributed by atoms with Gasteiger partial charge in [0.05, 0.1) is 0 Å². The summed E-state index contributed by atoms with van der Waals surface area (Å²) in [7, 11) is 2.09. The molecule has 3 atom stereocenters. The molecule has 5 fully saturated rings. The van der Waals surface area contributed by atoms with E-state index in [0.29, 0.717) is 11.3 Å². The third-order valence-electron chi connectivity index (χ3n) is 9.59. The van der Waals surface area contributed by atoms with Crippen molar-refractivity contribution in [2.24, 2.45) is 17.8 Å². The molecule has 5 rings (SSSR count). The Labute approximate surface area is 218 Å². The van der Waals surface area contributed by atoms with Crippen LogP contribution in [0.2, 0.25) is 0 Å². The van der Waals surface area contributed by atoms with Gasteiger partial charge in [0.25, 0.3) is 0 Å². The molecule has 0 bridgehead atoms. The largest absolute Gasteiger partial charge is 0.345 e. The van der Waals surface area contributed by atoms with E-state index in [0.717, 1.165) is 82.4 Å². The van der Waals surface area contributed by atoms with E-state index in [-0.39, 0.29) is 5.92 Å². The van der Waals surface area contributed by atoms with Crippen molar-refractivity contribution in [3.8, 4) is 0 Å². The minimum absolute atomic E-state index is 0.134. The SMILES string of the molecule is CC1CC2CCCCC2N1CC1CCC(Cl)CC1.CN1CCN(C(=O)C2CCN(C=O)CC2)CC1. The second-order valence-corrected chi connectivity index (χ2v) is 12.7. The van der Waals surface area contributed by atoms with Gasteiger partial charge in [0.15, 0.2) is 0 Å². The average molecular weight is 509 g/mol. The van der Waals surface area contributed by atoms with Crippen LogP contribution in [-0.4, -0.2) is 102 Å². The van der Waals surface area contributed by atoms with Gasteiger partial charge in [-0.15, -0.1) is 11.6 Å². The van der Waals surface area contributed by atoms with Gasteiger partial charge in [-0.3, -0.25) is 14.5 Å². The van der Waals surface area contributed by atoms with E-state index in [4.69, 9.17) is 11.6 Å². The number of likely N-dealkylation sites (tertiary alicyclic amines) is 2. The molecular formula is C28H49ClN4O2. The lowest BCUT2D eigenvalue weighted by Crippen LogP contribution is -2.50. The number of carbonyl (C=O) groups is 2. The van der Waals surface area contributed by atoms with Gasteiger partial charge in [-0.2, -0.15) is 0 Å². The first kappa shape index (κ1) is 27.2. The van der Waals surface area contributed by atoms with E-state index in [2.05, 4.69) is 23.8 Å². The second kappa shape index (κ2) is 13.1. The van der Waals surface area contributed by atoms with Crippen LogP contribution in [-0.2, 0) is 9.59 Å². The third kappa shape index (κ3) is 7.35. The van der Waals surface area contributed by atoms with Gasteiger partial charge in [-0.1, -0.05) is 12.8 Å². The molecule has 2 aliphatic carbocycles. The fourth-order valence-electron chi connectivity index (χ4n) is 7.25. The number of piperidine rings is 1. The molecule has 35 heavy (non-hydrogen) atoms. The molecule has 2 amide bonds. The van der Waals surface area contributed by atoms with Crippen molar-refractivity contribution < 1.29 is 9.59 Å². The zero-order valence-electron chi connectivity index (χ0n) is 22.3. The molecule has 0 N–H and O–H groups in total. The summed E-state index contributed by atoms with van der Waals surface area (Å²) in [6, 6.07) is 1.77. The van der Waals surface area contributed by atoms with Crippen LogP contribution < -0.4 is 0 Å². The quantitative estimate of drug-likeness (QED) is 0.424. The van der Waals surface area contributed by atoms with Gasteiger partial charge in [-0.25, -0.2) is 0 Å². The molecule has 6 nitrogen and oxygen atoms in total. The highest BCUT2D eigenvalue weighted by Crippen LogP contribution is 2.41. The lowest BCUT2D eigenvalue weighted by molar-refractivity contribution is -0.139. The Bertz CT molecular complexity index is 670. The number of amides is 2. The Kier molecular flexibility index (Phi) is 10.2. The number of rotatable bonds is 4. The normalized spacial score (nSPS) is 35.2. The summed E-state index contributed by atoms with van der Waals surface area (Å²) in [6.45, 7) is 8.93. The van der Waals surface area contributed by atoms with Crippen molar-refractivity contribution in [3.63, 3.8) is 0 Å². The van der Waals surface area contributed by atoms with Crippen LogP contribution in [0.4, 0.5) is 0 Å². The number of halogens is 1. The molecule has 3 heterocycles. The number of carbonyl (C=O) groups excluding carboxylic acids is 2. The van der Waals surface area contributed by atoms with Gasteiger partial charge in [0.1, 0.15) is 0 Å². The van der Waals surface area contributed by atoms with Gasteiger partial charge in [-0.05, 0) is 83.6 Å². The van der Waals surface area contributed by atoms with Gasteiger partial charge in [0, 0.05) is 69.2 Å². The Balaban J connectivity index is 0.000000165. The zero-order chi connectivity index (χ0) is 24.8. The summed E-state index contributed by atoms with van der Waals surface area (Å²) >= 11 is 6.22. The van der Waals surface area contributed by atoms with Crippen molar-refractivity contribution in [1.29, 1.82) is 0 Å². The molecule has 3 unspecified atom stereocenters. The number of alkyl halides is 1. The molecule has 3 saturated heterocycles. The summed E-state index contributed by atoms with van der Waals surface area (Å²) < 4.78 is 0. The van der Waals surface area contributed by atoms with Crippen LogP contribution in [0, 0.1) is 17.8 Å². The molecule has 0 aromatic rings. The van der Waals surface area contributed by atoms with Crippen molar-refractivity contribution in [1.82, 2.24) is 19.6 Å². The molecule has 0 spiro atoms. The number of hydrogen-bond donors (Lipinski definition) is 0. The standard InChI is InChI=1S/C16H28ClN.C12H21N3O2/c1-12-10-14-4-2-3-5-16(14)18(12)11-13-6-8-15(17)9-7-13;1-13-6-8-15(9-7-13)12(17)11-2-4-14(10-16)5-3-11/h12-16H,2-11H2,1H3;10-11H,2-9H2,1H3. The van der Waals surface area contributed by atoms with Gasteiger partial charge < -0.3 is 14.7 Å². The van der Waals surface area contributed by atoms with Crippen molar-refractivity contribution in [2.75, 3.05) is 52.9 Å². The lowest BCUT2D eigenvalue weighted by Gasteiger charge is -2.37. The Morgan fingerprint density at radius 2 is 1.54 bits per heavy atom.